The van der Waals surface area contributed by atoms with Gasteiger partial charge in [0.15, 0.2) is 5.78 Å². The fourth-order valence-electron chi connectivity index (χ4n) is 1.73. The van der Waals surface area contributed by atoms with Gasteiger partial charge in [0.2, 0.25) is 5.91 Å². The molecule has 0 aliphatic rings. The van der Waals surface area contributed by atoms with Crippen molar-refractivity contribution in [1.29, 1.82) is 0 Å². The molecule has 0 aliphatic heterocycles. The van der Waals surface area contributed by atoms with Gasteiger partial charge in [-0.05, 0) is 39.3 Å². The standard InChI is InChI=1S/C12H25N3O2/c1-8(2)11(14-4)12(17)15-10(9(3)16)6-5-7-13/h8,10-11,14H,5-7,13H2,1-4H3,(H,15,17)/t10-,11-/m0/s1. The molecule has 0 saturated carbocycles. The zero-order valence-corrected chi connectivity index (χ0v) is 11.2. The summed E-state index contributed by atoms with van der Waals surface area (Å²) >= 11 is 0. The summed E-state index contributed by atoms with van der Waals surface area (Å²) in [7, 11) is 1.74. The average Bonchev–Trinajstić information content (AvgIpc) is 2.24. The van der Waals surface area contributed by atoms with E-state index in [1.165, 1.54) is 6.92 Å². The van der Waals surface area contributed by atoms with Crippen LogP contribution in [0.2, 0.25) is 0 Å². The van der Waals surface area contributed by atoms with Crippen LogP contribution in [0.3, 0.4) is 0 Å². The second kappa shape index (κ2) is 8.20. The highest BCUT2D eigenvalue weighted by molar-refractivity contribution is 5.89. The van der Waals surface area contributed by atoms with Gasteiger partial charge in [0.25, 0.3) is 0 Å². The number of likely N-dealkylation sites (N-methyl/N-ethyl adjacent to an activating group) is 1. The van der Waals surface area contributed by atoms with Crippen LogP contribution in [-0.4, -0.2) is 37.4 Å². The SMILES string of the molecule is CN[C@H](C(=O)N[C@@H](CCCN)C(C)=O)C(C)C. The maximum Gasteiger partial charge on any atom is 0.237 e. The summed E-state index contributed by atoms with van der Waals surface area (Å²) in [6.07, 6.45) is 1.34. The van der Waals surface area contributed by atoms with E-state index in [1.54, 1.807) is 7.05 Å². The molecule has 0 aromatic heterocycles. The zero-order valence-electron chi connectivity index (χ0n) is 11.2. The molecule has 100 valence electrons. The summed E-state index contributed by atoms with van der Waals surface area (Å²) in [6.45, 7) is 5.94. The van der Waals surface area contributed by atoms with Gasteiger partial charge in [-0.3, -0.25) is 9.59 Å². The highest BCUT2D eigenvalue weighted by atomic mass is 16.2. The molecular weight excluding hydrogens is 218 g/mol. The largest absolute Gasteiger partial charge is 0.345 e. The molecule has 0 radical (unpaired) electrons. The highest BCUT2D eigenvalue weighted by Gasteiger charge is 2.24. The molecule has 0 saturated heterocycles. The molecule has 0 aliphatic carbocycles. The molecule has 0 rings (SSSR count). The molecule has 5 heteroatoms. The van der Waals surface area contributed by atoms with Crippen molar-refractivity contribution in [3.8, 4) is 0 Å². The summed E-state index contributed by atoms with van der Waals surface area (Å²) in [5.74, 6) is 0.0345. The number of hydrogen-bond acceptors (Lipinski definition) is 4. The minimum Gasteiger partial charge on any atom is -0.345 e. The number of nitrogens with two attached hydrogens (primary N) is 1. The lowest BCUT2D eigenvalue weighted by molar-refractivity contribution is -0.129. The molecule has 2 atom stereocenters. The Balaban J connectivity index is 4.43. The summed E-state index contributed by atoms with van der Waals surface area (Å²) in [5, 5.41) is 5.73. The van der Waals surface area contributed by atoms with Crippen LogP contribution >= 0.6 is 0 Å². The smallest absolute Gasteiger partial charge is 0.237 e. The number of hydrogen-bond donors (Lipinski definition) is 3. The average molecular weight is 243 g/mol. The van der Waals surface area contributed by atoms with Crippen molar-refractivity contribution in [1.82, 2.24) is 10.6 Å². The Kier molecular flexibility index (Phi) is 7.74. The van der Waals surface area contributed by atoms with Crippen LogP contribution in [0.5, 0.6) is 0 Å². The number of ketones is 1. The molecule has 0 spiro atoms. The molecule has 0 heterocycles. The first-order valence-corrected chi connectivity index (χ1v) is 6.12. The van der Waals surface area contributed by atoms with E-state index in [1.807, 2.05) is 13.8 Å². The van der Waals surface area contributed by atoms with Crippen molar-refractivity contribution in [3.05, 3.63) is 0 Å². The van der Waals surface area contributed by atoms with Crippen molar-refractivity contribution in [2.75, 3.05) is 13.6 Å². The van der Waals surface area contributed by atoms with Gasteiger partial charge in [-0.1, -0.05) is 13.8 Å². The van der Waals surface area contributed by atoms with Gasteiger partial charge in [0, 0.05) is 0 Å². The van der Waals surface area contributed by atoms with E-state index in [2.05, 4.69) is 10.6 Å². The van der Waals surface area contributed by atoms with Crippen molar-refractivity contribution >= 4 is 11.7 Å². The minimum atomic E-state index is -0.416. The zero-order chi connectivity index (χ0) is 13.4. The van der Waals surface area contributed by atoms with Gasteiger partial charge in [-0.15, -0.1) is 0 Å². The summed E-state index contributed by atoms with van der Waals surface area (Å²) < 4.78 is 0. The van der Waals surface area contributed by atoms with E-state index in [0.29, 0.717) is 13.0 Å². The lowest BCUT2D eigenvalue weighted by Crippen LogP contribution is -2.51. The molecule has 0 unspecified atom stereocenters. The van der Waals surface area contributed by atoms with E-state index in [9.17, 15) is 9.59 Å². The second-order valence-corrected chi connectivity index (χ2v) is 4.61. The third kappa shape index (κ3) is 5.79. The van der Waals surface area contributed by atoms with Crippen molar-refractivity contribution in [2.45, 2.75) is 45.7 Å². The van der Waals surface area contributed by atoms with Gasteiger partial charge in [0.05, 0.1) is 12.1 Å². The normalized spacial score (nSPS) is 14.5. The molecule has 17 heavy (non-hydrogen) atoms. The lowest BCUT2D eigenvalue weighted by Gasteiger charge is -2.23. The number of nitrogens with one attached hydrogen (secondary N) is 2. The van der Waals surface area contributed by atoms with Gasteiger partial charge in [-0.25, -0.2) is 0 Å². The van der Waals surface area contributed by atoms with Crippen LogP contribution in [0.25, 0.3) is 0 Å². The third-order valence-corrected chi connectivity index (χ3v) is 2.76. The van der Waals surface area contributed by atoms with E-state index < -0.39 is 6.04 Å². The Morgan fingerprint density at radius 1 is 1.29 bits per heavy atom. The highest BCUT2D eigenvalue weighted by Crippen LogP contribution is 2.04. The van der Waals surface area contributed by atoms with Crippen LogP contribution in [-0.2, 0) is 9.59 Å². The first-order valence-electron chi connectivity index (χ1n) is 6.12. The van der Waals surface area contributed by atoms with E-state index in [0.717, 1.165) is 6.42 Å². The maximum atomic E-state index is 11.9. The Morgan fingerprint density at radius 2 is 1.88 bits per heavy atom. The summed E-state index contributed by atoms with van der Waals surface area (Å²) in [6, 6.07) is -0.685. The second-order valence-electron chi connectivity index (χ2n) is 4.61. The topological polar surface area (TPSA) is 84.2 Å². The summed E-state index contributed by atoms with van der Waals surface area (Å²) in [5.41, 5.74) is 5.41. The van der Waals surface area contributed by atoms with Crippen LogP contribution in [0.4, 0.5) is 0 Å². The maximum absolute atomic E-state index is 11.9. The third-order valence-electron chi connectivity index (χ3n) is 2.76. The van der Waals surface area contributed by atoms with Crippen molar-refractivity contribution < 1.29 is 9.59 Å². The van der Waals surface area contributed by atoms with Crippen LogP contribution in [0.1, 0.15) is 33.6 Å². The van der Waals surface area contributed by atoms with Crippen LogP contribution in [0.15, 0.2) is 0 Å². The summed E-state index contributed by atoms with van der Waals surface area (Å²) in [4.78, 5) is 23.3. The van der Waals surface area contributed by atoms with Crippen molar-refractivity contribution in [2.24, 2.45) is 11.7 Å². The van der Waals surface area contributed by atoms with Gasteiger partial charge in [-0.2, -0.15) is 0 Å². The number of Topliss-reactive ketones (excluding diaryl/α,β-unsaturated/α-hetero) is 1. The number of amides is 1. The first kappa shape index (κ1) is 16.1. The number of carbonyl (C=O) groups excluding carboxylic acids is 2. The van der Waals surface area contributed by atoms with E-state index >= 15 is 0 Å². The van der Waals surface area contributed by atoms with Crippen LogP contribution in [0, 0.1) is 5.92 Å². The molecule has 1 amide bonds. The lowest BCUT2D eigenvalue weighted by atomic mass is 10.0. The van der Waals surface area contributed by atoms with Gasteiger partial charge >= 0.3 is 0 Å². The van der Waals surface area contributed by atoms with Crippen molar-refractivity contribution in [3.63, 3.8) is 0 Å². The molecule has 0 aromatic rings. The monoisotopic (exact) mass is 243 g/mol. The fourth-order valence-corrected chi connectivity index (χ4v) is 1.73. The predicted octanol–water partition coefficient (Wildman–Crippen LogP) is 0.0431. The number of carbonyl (C=O) groups is 2. The molecule has 5 nitrogen and oxygen atoms in total. The predicted molar refractivity (Wildman–Crippen MR) is 68.6 cm³/mol. The van der Waals surface area contributed by atoms with Gasteiger partial charge in [0.1, 0.15) is 0 Å². The Morgan fingerprint density at radius 3 is 2.24 bits per heavy atom. The van der Waals surface area contributed by atoms with Gasteiger partial charge < -0.3 is 16.4 Å². The molecule has 0 bridgehead atoms. The first-order chi connectivity index (χ1) is 7.93. The molecular formula is C12H25N3O2. The van der Waals surface area contributed by atoms with E-state index in [-0.39, 0.29) is 23.7 Å². The molecule has 0 aromatic carbocycles. The molecule has 0 fully saturated rings. The fraction of sp³-hybridized carbons (Fsp3) is 0.833. The molecule has 4 N–H and O–H groups in total. The van der Waals surface area contributed by atoms with Crippen LogP contribution < -0.4 is 16.4 Å². The van der Waals surface area contributed by atoms with E-state index in [4.69, 9.17) is 5.73 Å². The minimum absolute atomic E-state index is 0.0228. The Bertz CT molecular complexity index is 254. The Hall–Kier alpha value is -0.940. The number of rotatable bonds is 8. The Labute approximate surface area is 104 Å². The quantitative estimate of drug-likeness (QED) is 0.562.